The topological polar surface area (TPSA) is 102 Å². The van der Waals surface area contributed by atoms with Crippen LogP contribution in [0.3, 0.4) is 0 Å². The number of carbonyl (C=O) groups is 2. The number of nitrogens with zero attached hydrogens (tertiary/aromatic N) is 1. The van der Waals surface area contributed by atoms with E-state index in [1.54, 1.807) is 18.2 Å². The van der Waals surface area contributed by atoms with Crippen LogP contribution in [0.4, 0.5) is 24.5 Å². The van der Waals surface area contributed by atoms with E-state index in [4.69, 9.17) is 9.47 Å². The molecule has 2 aliphatic rings. The number of para-hydroxylation sites is 1. The second kappa shape index (κ2) is 9.11. The zero-order valence-electron chi connectivity index (χ0n) is 19.0. The monoisotopic (exact) mass is 532 g/mol. The van der Waals surface area contributed by atoms with Crippen LogP contribution in [-0.4, -0.2) is 33.6 Å². The first kappa shape index (κ1) is 24.6. The van der Waals surface area contributed by atoms with E-state index in [0.717, 1.165) is 29.2 Å². The minimum absolute atomic E-state index is 0.000210. The number of alkyl halides is 3. The van der Waals surface area contributed by atoms with Gasteiger partial charge in [0.05, 0.1) is 21.4 Å². The average Bonchev–Trinajstić information content (AvgIpc) is 3.30. The number of rotatable bonds is 4. The fourth-order valence-electron chi connectivity index (χ4n) is 4.26. The minimum atomic E-state index is -4.52. The van der Waals surface area contributed by atoms with Crippen molar-refractivity contribution in [2.75, 3.05) is 23.6 Å². The average molecular weight is 532 g/mol. The zero-order chi connectivity index (χ0) is 26.4. The lowest BCUT2D eigenvalue weighted by Crippen LogP contribution is -2.38. The van der Waals surface area contributed by atoms with Crippen molar-refractivity contribution >= 4 is 33.0 Å². The minimum Gasteiger partial charge on any atom is -0.454 e. The number of anilines is 2. The van der Waals surface area contributed by atoms with Crippen LogP contribution in [0, 0.1) is 0 Å². The van der Waals surface area contributed by atoms with Crippen LogP contribution in [-0.2, 0) is 25.6 Å². The molecule has 2 heterocycles. The Morgan fingerprint density at radius 1 is 1.00 bits per heavy atom. The summed E-state index contributed by atoms with van der Waals surface area (Å²) in [5.74, 6) is -0.492. The van der Waals surface area contributed by atoms with Gasteiger partial charge in [-0.1, -0.05) is 18.2 Å². The zero-order valence-corrected chi connectivity index (χ0v) is 19.8. The molecule has 2 amide bonds. The molecule has 0 spiro atoms. The van der Waals surface area contributed by atoms with Crippen LogP contribution >= 0.6 is 0 Å². The molecule has 3 aromatic rings. The van der Waals surface area contributed by atoms with Crippen LogP contribution in [0.2, 0.25) is 0 Å². The Hall–Kier alpha value is -4.06. The quantitative estimate of drug-likeness (QED) is 0.537. The van der Waals surface area contributed by atoms with E-state index in [1.165, 1.54) is 24.3 Å². The number of ether oxygens (including phenoxy) is 2. The Morgan fingerprint density at radius 2 is 1.70 bits per heavy atom. The number of sulfone groups is 1. The fourth-order valence-corrected chi connectivity index (χ4v) is 6.17. The Morgan fingerprint density at radius 3 is 2.43 bits per heavy atom. The van der Waals surface area contributed by atoms with Gasteiger partial charge in [0.25, 0.3) is 0 Å². The van der Waals surface area contributed by atoms with Crippen LogP contribution in [0.25, 0.3) is 0 Å². The van der Waals surface area contributed by atoms with Gasteiger partial charge in [0.1, 0.15) is 6.54 Å². The van der Waals surface area contributed by atoms with Gasteiger partial charge in [0, 0.05) is 12.1 Å². The number of fused-ring (bicyclic) bond motifs is 2. The highest BCUT2D eigenvalue weighted by Gasteiger charge is 2.40. The Labute approximate surface area is 209 Å². The third kappa shape index (κ3) is 4.71. The SMILES string of the molecule is O=C(CN1C(=O)CC(c2ccc3c(c2)OCO3)S(=O)(=O)c2ccccc21)Nc1ccc(C(F)(F)F)cc1. The molecule has 3 aromatic carbocycles. The Bertz CT molecular complexity index is 1490. The second-order valence-electron chi connectivity index (χ2n) is 8.42. The van der Waals surface area contributed by atoms with E-state index in [9.17, 15) is 31.2 Å². The summed E-state index contributed by atoms with van der Waals surface area (Å²) in [6, 6.07) is 14.3. The number of hydrogen-bond acceptors (Lipinski definition) is 6. The molecule has 5 rings (SSSR count). The van der Waals surface area contributed by atoms with Crippen molar-refractivity contribution in [2.24, 2.45) is 0 Å². The molecule has 1 unspecified atom stereocenters. The summed E-state index contributed by atoms with van der Waals surface area (Å²) in [5, 5.41) is 1.21. The van der Waals surface area contributed by atoms with Crippen molar-refractivity contribution in [2.45, 2.75) is 22.7 Å². The van der Waals surface area contributed by atoms with Crippen molar-refractivity contribution < 1.29 is 40.7 Å². The van der Waals surface area contributed by atoms with Crippen LogP contribution in [0.5, 0.6) is 11.5 Å². The van der Waals surface area contributed by atoms with Crippen molar-refractivity contribution in [1.82, 2.24) is 0 Å². The highest BCUT2D eigenvalue weighted by molar-refractivity contribution is 7.92. The molecule has 0 saturated carbocycles. The maximum absolute atomic E-state index is 13.7. The predicted octanol–water partition coefficient (Wildman–Crippen LogP) is 4.32. The van der Waals surface area contributed by atoms with Gasteiger partial charge in [-0.3, -0.25) is 9.59 Å². The van der Waals surface area contributed by atoms with Crippen LogP contribution in [0.1, 0.15) is 22.8 Å². The van der Waals surface area contributed by atoms with Gasteiger partial charge in [-0.05, 0) is 54.1 Å². The molecule has 0 bridgehead atoms. The Kier molecular flexibility index (Phi) is 6.06. The molecule has 0 aliphatic carbocycles. The molecule has 1 N–H and O–H groups in total. The molecule has 8 nitrogen and oxygen atoms in total. The maximum Gasteiger partial charge on any atom is 0.416 e. The number of nitrogens with one attached hydrogen (secondary N) is 1. The van der Waals surface area contributed by atoms with Crippen molar-refractivity contribution in [3.63, 3.8) is 0 Å². The summed E-state index contributed by atoms with van der Waals surface area (Å²) in [5.41, 5.74) is -0.400. The summed E-state index contributed by atoms with van der Waals surface area (Å²) < 4.78 is 76.4. The first-order chi connectivity index (χ1) is 17.5. The van der Waals surface area contributed by atoms with Gasteiger partial charge in [0.2, 0.25) is 18.6 Å². The summed E-state index contributed by atoms with van der Waals surface area (Å²) in [6.07, 6.45) is -4.96. The molecule has 0 aromatic heterocycles. The second-order valence-corrected chi connectivity index (χ2v) is 10.5. The number of halogens is 3. The molecule has 12 heteroatoms. The molecule has 0 saturated heterocycles. The molecular formula is C25H19F3N2O6S. The number of carbonyl (C=O) groups excluding carboxylic acids is 2. The predicted molar refractivity (Wildman–Crippen MR) is 126 cm³/mol. The molecular weight excluding hydrogens is 513 g/mol. The number of amides is 2. The summed E-state index contributed by atoms with van der Waals surface area (Å²) in [7, 11) is -4.07. The highest BCUT2D eigenvalue weighted by Crippen LogP contribution is 2.43. The van der Waals surface area contributed by atoms with E-state index in [2.05, 4.69) is 5.32 Å². The third-order valence-electron chi connectivity index (χ3n) is 6.06. The summed E-state index contributed by atoms with van der Waals surface area (Å²) in [6.45, 7) is -0.542. The molecule has 37 heavy (non-hydrogen) atoms. The van der Waals surface area contributed by atoms with Gasteiger partial charge in [-0.15, -0.1) is 0 Å². The Balaban J connectivity index is 1.43. The van der Waals surface area contributed by atoms with Gasteiger partial charge < -0.3 is 19.7 Å². The molecule has 1 atom stereocenters. The number of hydrogen-bond donors (Lipinski definition) is 1. The molecule has 0 radical (unpaired) electrons. The molecule has 0 fully saturated rings. The summed E-state index contributed by atoms with van der Waals surface area (Å²) >= 11 is 0. The van der Waals surface area contributed by atoms with Crippen LogP contribution in [0.15, 0.2) is 71.6 Å². The van der Waals surface area contributed by atoms with E-state index >= 15 is 0 Å². The largest absolute Gasteiger partial charge is 0.454 e. The first-order valence-electron chi connectivity index (χ1n) is 11.0. The maximum atomic E-state index is 13.7. The van der Waals surface area contributed by atoms with Gasteiger partial charge in [-0.25, -0.2) is 8.42 Å². The van der Waals surface area contributed by atoms with Gasteiger partial charge in [-0.2, -0.15) is 13.2 Å². The van der Waals surface area contributed by atoms with E-state index in [1.807, 2.05) is 0 Å². The lowest BCUT2D eigenvalue weighted by molar-refractivity contribution is -0.137. The van der Waals surface area contributed by atoms with Crippen molar-refractivity contribution in [3.05, 3.63) is 77.9 Å². The normalized spacial score (nSPS) is 18.2. The smallest absolute Gasteiger partial charge is 0.416 e. The number of benzene rings is 3. The van der Waals surface area contributed by atoms with Gasteiger partial charge >= 0.3 is 6.18 Å². The fraction of sp³-hybridized carbons (Fsp3) is 0.200. The lowest BCUT2D eigenvalue weighted by Gasteiger charge is -2.22. The van der Waals surface area contributed by atoms with Crippen molar-refractivity contribution in [3.8, 4) is 11.5 Å². The highest BCUT2D eigenvalue weighted by atomic mass is 32.2. The third-order valence-corrected chi connectivity index (χ3v) is 8.21. The lowest BCUT2D eigenvalue weighted by atomic mass is 10.1. The standard InChI is InChI=1S/C25H19F3N2O6S/c26-25(27,28)16-6-8-17(9-7-16)29-23(31)13-30-18-3-1-2-4-21(18)37(33,34)22(12-24(30)32)15-5-10-19-20(11-15)36-14-35-19/h1-11,22H,12-14H2,(H,29,31). The summed E-state index contributed by atoms with van der Waals surface area (Å²) in [4.78, 5) is 27.0. The molecule has 192 valence electrons. The van der Waals surface area contributed by atoms with E-state index in [-0.39, 0.29) is 23.1 Å². The van der Waals surface area contributed by atoms with E-state index < -0.39 is 51.6 Å². The van der Waals surface area contributed by atoms with Crippen molar-refractivity contribution in [1.29, 1.82) is 0 Å². The first-order valence-corrected chi connectivity index (χ1v) is 12.6. The van der Waals surface area contributed by atoms with Crippen LogP contribution < -0.4 is 19.7 Å². The van der Waals surface area contributed by atoms with E-state index in [0.29, 0.717) is 17.1 Å². The van der Waals surface area contributed by atoms with Gasteiger partial charge in [0.15, 0.2) is 21.3 Å². The molecule has 2 aliphatic heterocycles.